The van der Waals surface area contributed by atoms with Crippen molar-refractivity contribution in [2.45, 2.75) is 78.0 Å². The summed E-state index contributed by atoms with van der Waals surface area (Å²) in [7, 11) is -1.60. The molecule has 42 heavy (non-hydrogen) atoms. The largest absolute Gasteiger partial charge is 0.481 e. The summed E-state index contributed by atoms with van der Waals surface area (Å²) < 4.78 is 22.3. The number of hydrogen-bond donors (Lipinski definition) is 3. The second-order valence-electron chi connectivity index (χ2n) is 11.9. The summed E-state index contributed by atoms with van der Waals surface area (Å²) in [5.74, 6) is -0.695. The first-order valence-electron chi connectivity index (χ1n) is 13.7. The Morgan fingerprint density at radius 1 is 0.976 bits per heavy atom. The first-order valence-corrected chi connectivity index (χ1v) is 14.8. The average molecular weight is 595 g/mol. The fourth-order valence-corrected chi connectivity index (χ4v) is 4.89. The van der Waals surface area contributed by atoms with E-state index in [4.69, 9.17) is 15.3 Å². The van der Waals surface area contributed by atoms with Crippen LogP contribution >= 0.6 is 0 Å². The Labute approximate surface area is 251 Å². The zero-order chi connectivity index (χ0) is 31.8. The van der Waals surface area contributed by atoms with E-state index in [1.807, 2.05) is 32.8 Å². The van der Waals surface area contributed by atoms with Crippen molar-refractivity contribution in [3.8, 4) is 11.5 Å². The van der Waals surface area contributed by atoms with Crippen LogP contribution in [0.25, 0.3) is 0 Å². The summed E-state index contributed by atoms with van der Waals surface area (Å²) in [5.41, 5.74) is 10.2. The summed E-state index contributed by atoms with van der Waals surface area (Å²) in [6, 6.07) is 15.8. The lowest BCUT2D eigenvalue weighted by Crippen LogP contribution is -2.13. The van der Waals surface area contributed by atoms with E-state index in [1.165, 1.54) is 30.5 Å². The maximum absolute atomic E-state index is 13.2. The summed E-state index contributed by atoms with van der Waals surface area (Å²) in [6.45, 7) is 16.1. The van der Waals surface area contributed by atoms with Crippen LogP contribution in [0.5, 0.6) is 11.5 Å². The first kappa shape index (κ1) is 34.2. The first-order chi connectivity index (χ1) is 19.6. The van der Waals surface area contributed by atoms with Gasteiger partial charge in [0.25, 0.3) is 0 Å². The van der Waals surface area contributed by atoms with Gasteiger partial charge in [0.05, 0.1) is 16.5 Å². The minimum absolute atomic E-state index is 0.250. The fourth-order valence-electron chi connectivity index (χ4n) is 3.88. The molecule has 3 aromatic rings. The van der Waals surface area contributed by atoms with Crippen molar-refractivity contribution in [2.24, 2.45) is 11.1 Å². The molecule has 0 bridgehead atoms. The molecule has 0 aliphatic heterocycles. The van der Waals surface area contributed by atoms with Gasteiger partial charge < -0.3 is 20.4 Å². The second-order valence-corrected chi connectivity index (χ2v) is 13.1. The minimum Gasteiger partial charge on any atom is -0.481 e. The van der Waals surface area contributed by atoms with Crippen LogP contribution < -0.4 is 15.2 Å². The maximum atomic E-state index is 13.2. The number of rotatable bonds is 9. The molecule has 4 rings (SSSR count). The smallest absolute Gasteiger partial charge is 0.310 e. The summed E-state index contributed by atoms with van der Waals surface area (Å²) >= 11 is 0. The van der Waals surface area contributed by atoms with Crippen molar-refractivity contribution >= 4 is 35.3 Å². The SMILES string of the molecule is C=O.CC(C)(C)C.Cc1cc(C(C)C(=O)O)ccc1Oc1ccc(C(N)=O)cc1NS(=O)c1ccc(C2CC2)cc1C. The van der Waals surface area contributed by atoms with Crippen LogP contribution in [0.2, 0.25) is 0 Å². The number of carboxylic acids is 1. The highest BCUT2D eigenvalue weighted by molar-refractivity contribution is 7.86. The number of aliphatic carboxylic acids is 1. The number of anilines is 1. The molecule has 1 saturated carbocycles. The van der Waals surface area contributed by atoms with E-state index < -0.39 is 28.8 Å². The second kappa shape index (κ2) is 14.8. The molecule has 3 aromatic carbocycles. The Hall–Kier alpha value is -3.98. The maximum Gasteiger partial charge on any atom is 0.310 e. The molecule has 2 unspecified atom stereocenters. The number of carboxylic acid groups (broad SMARTS) is 1. The Bertz CT molecular complexity index is 1440. The Morgan fingerprint density at radius 3 is 2.07 bits per heavy atom. The third-order valence-corrected chi connectivity index (χ3v) is 7.47. The molecule has 0 heterocycles. The standard InChI is InChI=1S/C27H28N2O5S.C5H12.CH2O/c1-15-12-19(17(3)27(31)32)6-9-23(15)34-24-10-7-21(26(28)30)14-22(24)29-35(33)25-11-8-20(13-16(25)2)18-4-5-18;1-5(2,3)4;1-2/h6-14,17-18,29H,4-5H2,1-3H3,(H2,28,30)(H,31,32);1-4H3;1H2. The molecule has 2 atom stereocenters. The predicted molar refractivity (Wildman–Crippen MR) is 168 cm³/mol. The summed E-state index contributed by atoms with van der Waals surface area (Å²) in [4.78, 5) is 31.7. The van der Waals surface area contributed by atoms with Gasteiger partial charge in [0.15, 0.2) is 16.7 Å². The highest BCUT2D eigenvalue weighted by Crippen LogP contribution is 2.41. The number of nitrogens with one attached hydrogen (secondary N) is 1. The third-order valence-electron chi connectivity index (χ3n) is 6.20. The molecule has 0 saturated heterocycles. The topological polar surface area (TPSA) is 136 Å². The van der Waals surface area contributed by atoms with Gasteiger partial charge in [-0.05, 0) is 97.5 Å². The number of carbonyl (C=O) groups excluding carboxylic acids is 2. The quantitative estimate of drug-likeness (QED) is 0.238. The number of primary amides is 1. The molecule has 1 aliphatic carbocycles. The van der Waals surface area contributed by atoms with Gasteiger partial charge in [0, 0.05) is 5.56 Å². The number of benzene rings is 3. The predicted octanol–water partition coefficient (Wildman–Crippen LogP) is 7.26. The zero-order valence-corrected chi connectivity index (χ0v) is 26.3. The molecule has 1 aliphatic rings. The van der Waals surface area contributed by atoms with Crippen molar-refractivity contribution in [1.82, 2.24) is 0 Å². The molecule has 4 N–H and O–H groups in total. The van der Waals surface area contributed by atoms with E-state index >= 15 is 0 Å². The molecule has 0 spiro atoms. The van der Waals surface area contributed by atoms with E-state index in [-0.39, 0.29) is 5.56 Å². The number of hydrogen-bond acceptors (Lipinski definition) is 5. The number of nitrogens with two attached hydrogens (primary N) is 1. The van der Waals surface area contributed by atoms with Gasteiger partial charge in [0.1, 0.15) is 12.5 Å². The summed E-state index contributed by atoms with van der Waals surface area (Å²) in [6.07, 6.45) is 2.38. The van der Waals surface area contributed by atoms with Crippen LogP contribution in [0.15, 0.2) is 59.5 Å². The molecule has 8 nitrogen and oxygen atoms in total. The van der Waals surface area contributed by atoms with Crippen molar-refractivity contribution < 1.29 is 28.4 Å². The normalized spacial score (nSPS) is 13.8. The van der Waals surface area contributed by atoms with E-state index in [9.17, 15) is 18.9 Å². The number of carbonyl (C=O) groups is 3. The highest BCUT2D eigenvalue weighted by atomic mass is 32.2. The lowest BCUT2D eigenvalue weighted by atomic mass is 9.99. The molecule has 1 amide bonds. The molecular formula is C33H42N2O6S. The van der Waals surface area contributed by atoms with Gasteiger partial charge in [-0.25, -0.2) is 4.21 Å². The number of amides is 1. The lowest BCUT2D eigenvalue weighted by Gasteiger charge is -2.17. The van der Waals surface area contributed by atoms with Crippen molar-refractivity contribution in [2.75, 3.05) is 4.72 Å². The van der Waals surface area contributed by atoms with E-state index in [2.05, 4.69) is 38.5 Å². The van der Waals surface area contributed by atoms with Crippen LogP contribution in [0.3, 0.4) is 0 Å². The zero-order valence-electron chi connectivity index (χ0n) is 25.4. The van der Waals surface area contributed by atoms with Crippen LogP contribution in [0.1, 0.15) is 91.9 Å². The van der Waals surface area contributed by atoms with Gasteiger partial charge >= 0.3 is 5.97 Å². The minimum atomic E-state index is -1.60. The highest BCUT2D eigenvalue weighted by Gasteiger charge is 2.24. The Kier molecular flexibility index (Phi) is 12.0. The van der Waals surface area contributed by atoms with Crippen LogP contribution in [-0.2, 0) is 20.6 Å². The van der Waals surface area contributed by atoms with Gasteiger partial charge in [-0.1, -0.05) is 52.0 Å². The van der Waals surface area contributed by atoms with Gasteiger partial charge in [0.2, 0.25) is 5.91 Å². The molecule has 1 fully saturated rings. The molecule has 0 radical (unpaired) electrons. The van der Waals surface area contributed by atoms with E-state index in [1.54, 1.807) is 31.2 Å². The van der Waals surface area contributed by atoms with Crippen molar-refractivity contribution in [3.63, 3.8) is 0 Å². The van der Waals surface area contributed by atoms with Crippen LogP contribution in [-0.4, -0.2) is 28.0 Å². The van der Waals surface area contributed by atoms with Gasteiger partial charge in [-0.3, -0.25) is 14.3 Å². The molecular weight excluding hydrogens is 552 g/mol. The van der Waals surface area contributed by atoms with Crippen LogP contribution in [0, 0.1) is 19.3 Å². The molecule has 226 valence electrons. The summed E-state index contributed by atoms with van der Waals surface area (Å²) in [5, 5.41) is 9.27. The third kappa shape index (κ3) is 10.1. The molecule has 9 heteroatoms. The van der Waals surface area contributed by atoms with Crippen LogP contribution in [0.4, 0.5) is 5.69 Å². The fraction of sp³-hybridized carbons (Fsp3) is 0.364. The van der Waals surface area contributed by atoms with Gasteiger partial charge in [-0.2, -0.15) is 0 Å². The van der Waals surface area contributed by atoms with Crippen molar-refractivity contribution in [3.05, 3.63) is 82.4 Å². The van der Waals surface area contributed by atoms with E-state index in [0.717, 1.165) is 11.1 Å². The Balaban J connectivity index is 0.000000797. The number of ether oxygens (including phenoxy) is 1. The number of aryl methyl sites for hydroxylation is 2. The Morgan fingerprint density at radius 2 is 1.57 bits per heavy atom. The monoisotopic (exact) mass is 594 g/mol. The molecule has 0 aromatic heterocycles. The van der Waals surface area contributed by atoms with Gasteiger partial charge in [-0.15, -0.1) is 0 Å². The average Bonchev–Trinajstić information content (AvgIpc) is 3.76. The van der Waals surface area contributed by atoms with E-state index in [0.29, 0.717) is 39.0 Å². The van der Waals surface area contributed by atoms with Crippen molar-refractivity contribution in [1.29, 1.82) is 0 Å². The lowest BCUT2D eigenvalue weighted by molar-refractivity contribution is -0.138.